The van der Waals surface area contributed by atoms with Crippen molar-refractivity contribution in [2.45, 2.75) is 39.7 Å². The second kappa shape index (κ2) is 13.0. The maximum absolute atomic E-state index is 13.2. The Kier molecular flexibility index (Phi) is 9.50. The van der Waals surface area contributed by atoms with Gasteiger partial charge in [-0.2, -0.15) is 0 Å². The zero-order valence-corrected chi connectivity index (χ0v) is 23.9. The second-order valence-corrected chi connectivity index (χ2v) is 10.8. The lowest BCUT2D eigenvalue weighted by molar-refractivity contribution is -0.127. The molecule has 3 aromatic rings. The Morgan fingerprint density at radius 1 is 1.10 bits per heavy atom. The molecule has 8 nitrogen and oxygen atoms in total. The molecule has 0 spiro atoms. The van der Waals surface area contributed by atoms with Gasteiger partial charge in [0.1, 0.15) is 12.3 Å². The smallest absolute Gasteiger partial charge is 0.339 e. The molecule has 1 saturated heterocycles. The molecular formula is C30H29ClN2O6S. The van der Waals surface area contributed by atoms with Gasteiger partial charge in [0.2, 0.25) is 5.91 Å². The molecule has 0 aliphatic carbocycles. The number of nitrogens with zero attached hydrogens (tertiary/aromatic N) is 1. The summed E-state index contributed by atoms with van der Waals surface area (Å²) in [7, 11) is 0. The van der Waals surface area contributed by atoms with Crippen molar-refractivity contribution >= 4 is 68.9 Å². The molecule has 0 atom stereocenters. The van der Waals surface area contributed by atoms with E-state index in [1.807, 2.05) is 57.2 Å². The number of carbonyl (C=O) groups excluding carboxylic acids is 4. The summed E-state index contributed by atoms with van der Waals surface area (Å²) in [5, 5.41) is 4.07. The van der Waals surface area contributed by atoms with Crippen LogP contribution in [0.25, 0.3) is 16.8 Å². The molecule has 1 N–H and O–H groups in total. The van der Waals surface area contributed by atoms with Crippen LogP contribution in [0, 0.1) is 0 Å². The number of thioether (sulfide) groups is 1. The third kappa shape index (κ3) is 6.84. The molecule has 1 fully saturated rings. The molecule has 208 valence electrons. The number of ether oxygens (including phenoxy) is 2. The van der Waals surface area contributed by atoms with E-state index in [-0.39, 0.29) is 33.9 Å². The number of fused-ring (bicyclic) bond motifs is 1. The van der Waals surface area contributed by atoms with Crippen molar-refractivity contribution in [2.24, 2.45) is 0 Å². The van der Waals surface area contributed by atoms with Crippen molar-refractivity contribution in [3.63, 3.8) is 0 Å². The number of hydrogen-bond acceptors (Lipinski definition) is 7. The van der Waals surface area contributed by atoms with Crippen LogP contribution < -0.4 is 10.1 Å². The van der Waals surface area contributed by atoms with Gasteiger partial charge in [-0.1, -0.05) is 55.3 Å². The number of halogens is 1. The van der Waals surface area contributed by atoms with Crippen molar-refractivity contribution < 1.29 is 28.7 Å². The van der Waals surface area contributed by atoms with E-state index < -0.39 is 29.6 Å². The molecule has 40 heavy (non-hydrogen) atoms. The number of esters is 1. The lowest BCUT2D eigenvalue weighted by Gasteiger charge is -2.15. The Bertz CT molecular complexity index is 1500. The number of nitrogens with one attached hydrogen (secondary N) is 1. The van der Waals surface area contributed by atoms with Crippen molar-refractivity contribution in [3.05, 3.63) is 75.7 Å². The van der Waals surface area contributed by atoms with Crippen LogP contribution in [0.4, 0.5) is 10.5 Å². The van der Waals surface area contributed by atoms with E-state index in [1.54, 1.807) is 6.08 Å². The van der Waals surface area contributed by atoms with E-state index in [4.69, 9.17) is 21.1 Å². The summed E-state index contributed by atoms with van der Waals surface area (Å²) in [5.41, 5.74) is 1.08. The molecule has 4 rings (SSSR count). The number of amides is 3. The second-order valence-electron chi connectivity index (χ2n) is 9.37. The molecule has 1 aliphatic heterocycles. The van der Waals surface area contributed by atoms with Gasteiger partial charge in [-0.05, 0) is 73.1 Å². The van der Waals surface area contributed by atoms with Gasteiger partial charge in [0.15, 0.2) is 0 Å². The fourth-order valence-corrected chi connectivity index (χ4v) is 5.05. The summed E-state index contributed by atoms with van der Waals surface area (Å²) in [6, 6.07) is 15.9. The highest BCUT2D eigenvalue weighted by atomic mass is 35.5. The average Bonchev–Trinajstić information content (AvgIpc) is 3.18. The number of anilines is 1. The van der Waals surface area contributed by atoms with Crippen LogP contribution in [-0.2, 0) is 14.3 Å². The highest BCUT2D eigenvalue weighted by molar-refractivity contribution is 8.18. The Hall–Kier alpha value is -3.82. The van der Waals surface area contributed by atoms with Gasteiger partial charge in [-0.3, -0.25) is 19.3 Å². The molecule has 0 unspecified atom stereocenters. The lowest BCUT2D eigenvalue weighted by Crippen LogP contribution is -2.36. The molecule has 0 bridgehead atoms. The summed E-state index contributed by atoms with van der Waals surface area (Å²) < 4.78 is 11.2. The summed E-state index contributed by atoms with van der Waals surface area (Å²) in [4.78, 5) is 52.2. The topological polar surface area (TPSA) is 102 Å². The Morgan fingerprint density at radius 2 is 1.88 bits per heavy atom. The van der Waals surface area contributed by atoms with Crippen LogP contribution in [0.1, 0.15) is 49.5 Å². The summed E-state index contributed by atoms with van der Waals surface area (Å²) in [5.74, 6) is -1.19. The van der Waals surface area contributed by atoms with Crippen LogP contribution >= 0.6 is 23.4 Å². The highest BCUT2D eigenvalue weighted by Gasteiger charge is 2.36. The van der Waals surface area contributed by atoms with Crippen LogP contribution in [0.3, 0.4) is 0 Å². The van der Waals surface area contributed by atoms with Crippen molar-refractivity contribution in [3.8, 4) is 5.75 Å². The fourth-order valence-electron chi connectivity index (χ4n) is 4.04. The molecule has 3 amide bonds. The highest BCUT2D eigenvalue weighted by Crippen LogP contribution is 2.37. The number of hydrogen-bond donors (Lipinski definition) is 1. The monoisotopic (exact) mass is 580 g/mol. The van der Waals surface area contributed by atoms with Gasteiger partial charge in [-0.15, -0.1) is 0 Å². The van der Waals surface area contributed by atoms with E-state index in [1.165, 1.54) is 18.2 Å². The van der Waals surface area contributed by atoms with Crippen molar-refractivity contribution in [1.29, 1.82) is 0 Å². The van der Waals surface area contributed by atoms with E-state index in [0.29, 0.717) is 11.3 Å². The lowest BCUT2D eigenvalue weighted by atomic mass is 10.0. The first-order chi connectivity index (χ1) is 19.2. The summed E-state index contributed by atoms with van der Waals surface area (Å²) in [6.07, 6.45) is 3.13. The molecule has 0 saturated carbocycles. The Labute approximate surface area is 241 Å². The predicted molar refractivity (Wildman–Crippen MR) is 158 cm³/mol. The first-order valence-electron chi connectivity index (χ1n) is 12.9. The fraction of sp³-hybridized carbons (Fsp3) is 0.267. The van der Waals surface area contributed by atoms with Crippen LogP contribution in [0.5, 0.6) is 5.75 Å². The zero-order chi connectivity index (χ0) is 28.8. The normalized spacial score (nSPS) is 14.3. The standard InChI is InChI=1S/C30H29ClN2O6S/c1-4-5-14-38-29(36)23-15-20(11-12-24(23)31)32-27(34)17-33-28(35)26(40-30(33)37)16-22-21-9-7-6-8-19(21)10-13-25(22)39-18(2)3/h6-13,15-16,18H,4-5,14,17H2,1-3H3,(H,32,34)/b26-16-. The number of rotatable bonds is 10. The molecule has 3 aromatic carbocycles. The molecule has 0 radical (unpaired) electrons. The van der Waals surface area contributed by atoms with Crippen LogP contribution in [0.2, 0.25) is 5.02 Å². The van der Waals surface area contributed by atoms with Gasteiger partial charge in [0.25, 0.3) is 11.1 Å². The van der Waals surface area contributed by atoms with Gasteiger partial charge in [0, 0.05) is 11.3 Å². The molecule has 1 aliphatic rings. The number of carbonyl (C=O) groups is 4. The molecule has 0 aromatic heterocycles. The van der Waals surface area contributed by atoms with Crippen LogP contribution in [-0.4, -0.2) is 47.2 Å². The zero-order valence-electron chi connectivity index (χ0n) is 22.4. The SMILES string of the molecule is CCCCOC(=O)c1cc(NC(=O)CN2C(=O)S/C(=C\c3c(OC(C)C)ccc4ccccc34)C2=O)ccc1Cl. The molecule has 1 heterocycles. The largest absolute Gasteiger partial charge is 0.490 e. The summed E-state index contributed by atoms with van der Waals surface area (Å²) in [6.45, 7) is 5.56. The first-order valence-corrected chi connectivity index (χ1v) is 14.1. The average molecular weight is 581 g/mol. The van der Waals surface area contributed by atoms with Gasteiger partial charge in [-0.25, -0.2) is 4.79 Å². The maximum Gasteiger partial charge on any atom is 0.339 e. The number of benzene rings is 3. The van der Waals surface area contributed by atoms with Crippen molar-refractivity contribution in [1.82, 2.24) is 4.90 Å². The van der Waals surface area contributed by atoms with E-state index >= 15 is 0 Å². The third-order valence-corrected chi connectivity index (χ3v) is 7.18. The maximum atomic E-state index is 13.2. The Balaban J connectivity index is 1.51. The minimum Gasteiger partial charge on any atom is -0.490 e. The third-order valence-electron chi connectivity index (χ3n) is 5.95. The predicted octanol–water partition coefficient (Wildman–Crippen LogP) is 6.91. The first kappa shape index (κ1) is 29.2. The van der Waals surface area contributed by atoms with Gasteiger partial charge in [0.05, 0.1) is 28.2 Å². The number of unbranched alkanes of at least 4 members (excludes halogenated alkanes) is 1. The van der Waals surface area contributed by atoms with Gasteiger partial charge >= 0.3 is 5.97 Å². The van der Waals surface area contributed by atoms with E-state index in [0.717, 1.165) is 40.3 Å². The summed E-state index contributed by atoms with van der Waals surface area (Å²) >= 11 is 6.91. The minimum absolute atomic E-state index is 0.0985. The Morgan fingerprint density at radius 3 is 2.62 bits per heavy atom. The molecule has 10 heteroatoms. The quantitative estimate of drug-likeness (QED) is 0.158. The molecular weight excluding hydrogens is 552 g/mol. The van der Waals surface area contributed by atoms with Gasteiger partial charge < -0.3 is 14.8 Å². The van der Waals surface area contributed by atoms with E-state index in [2.05, 4.69) is 5.32 Å². The van der Waals surface area contributed by atoms with Crippen LogP contribution in [0.15, 0.2) is 59.5 Å². The number of imide groups is 1. The van der Waals surface area contributed by atoms with E-state index in [9.17, 15) is 19.2 Å². The minimum atomic E-state index is -0.606. The van der Waals surface area contributed by atoms with Crippen molar-refractivity contribution in [2.75, 3.05) is 18.5 Å².